The highest BCUT2D eigenvalue weighted by atomic mass is 32.2. The van der Waals surface area contributed by atoms with Gasteiger partial charge in [0.15, 0.2) is 0 Å². The molecule has 2 aliphatic rings. The summed E-state index contributed by atoms with van der Waals surface area (Å²) in [5, 5.41) is 10.0. The largest absolute Gasteiger partial charge is 0.393 e. The summed E-state index contributed by atoms with van der Waals surface area (Å²) in [4.78, 5) is 0. The van der Waals surface area contributed by atoms with Crippen molar-refractivity contribution in [3.8, 4) is 0 Å². The molecule has 0 spiro atoms. The quantitative estimate of drug-likeness (QED) is 0.756. The van der Waals surface area contributed by atoms with Gasteiger partial charge in [-0.05, 0) is 48.5 Å². The number of rotatable bonds is 3. The maximum atomic E-state index is 10.0. The molecule has 2 atom stereocenters. The van der Waals surface area contributed by atoms with Crippen molar-refractivity contribution in [3.63, 3.8) is 0 Å². The molecule has 1 nitrogen and oxygen atoms in total. The van der Waals surface area contributed by atoms with Crippen molar-refractivity contribution in [1.29, 1.82) is 0 Å². The Morgan fingerprint density at radius 2 is 2.31 bits per heavy atom. The van der Waals surface area contributed by atoms with Crippen LogP contribution in [-0.4, -0.2) is 22.7 Å². The molecule has 1 saturated heterocycles. The van der Waals surface area contributed by atoms with E-state index in [0.29, 0.717) is 11.3 Å². The van der Waals surface area contributed by atoms with Crippen molar-refractivity contribution in [2.24, 2.45) is 11.3 Å². The van der Waals surface area contributed by atoms with Crippen molar-refractivity contribution in [2.75, 3.05) is 11.5 Å². The third-order valence-electron chi connectivity index (χ3n) is 3.77. The minimum Gasteiger partial charge on any atom is -0.393 e. The van der Waals surface area contributed by atoms with Gasteiger partial charge in [-0.2, -0.15) is 11.8 Å². The molecule has 2 rings (SSSR count). The molecule has 2 unspecified atom stereocenters. The summed E-state index contributed by atoms with van der Waals surface area (Å²) < 4.78 is 0. The molecule has 0 bridgehead atoms. The molecule has 0 amide bonds. The van der Waals surface area contributed by atoms with Crippen LogP contribution < -0.4 is 0 Å². The highest BCUT2D eigenvalue weighted by Gasteiger charge is 2.36. The maximum Gasteiger partial charge on any atom is 0.0581 e. The van der Waals surface area contributed by atoms with Gasteiger partial charge in [0.05, 0.1) is 6.10 Å². The third-order valence-corrected chi connectivity index (χ3v) is 4.96. The highest BCUT2D eigenvalue weighted by Crippen LogP contribution is 2.45. The van der Waals surface area contributed by atoms with Crippen LogP contribution in [0.5, 0.6) is 0 Å². The first-order chi connectivity index (χ1) is 6.20. The van der Waals surface area contributed by atoms with Crippen LogP contribution >= 0.6 is 11.8 Å². The smallest absolute Gasteiger partial charge is 0.0581 e. The fourth-order valence-electron chi connectivity index (χ4n) is 2.51. The van der Waals surface area contributed by atoms with E-state index in [1.165, 1.54) is 37.2 Å². The summed E-state index contributed by atoms with van der Waals surface area (Å²) in [5.74, 6) is 3.05. The van der Waals surface area contributed by atoms with E-state index in [1.54, 1.807) is 0 Å². The van der Waals surface area contributed by atoms with Crippen LogP contribution in [0.2, 0.25) is 0 Å². The van der Waals surface area contributed by atoms with Gasteiger partial charge in [0, 0.05) is 0 Å². The molecule has 1 heterocycles. The molecular formula is C11H20OS. The van der Waals surface area contributed by atoms with E-state index in [-0.39, 0.29) is 6.10 Å². The summed E-state index contributed by atoms with van der Waals surface area (Å²) in [5.41, 5.74) is 0.493. The first-order valence-corrected chi connectivity index (χ1v) is 6.61. The Labute approximate surface area is 85.3 Å². The summed E-state index contributed by atoms with van der Waals surface area (Å²) >= 11 is 2.00. The van der Waals surface area contributed by atoms with E-state index in [2.05, 4.69) is 6.92 Å². The standard InChI is InChI=1S/C11H20OS/c1-11(4-2-5-11)7-10(12)9-3-6-13-8-9/h9-10,12H,2-8H2,1H3. The monoisotopic (exact) mass is 200 g/mol. The number of thioether (sulfide) groups is 1. The highest BCUT2D eigenvalue weighted by molar-refractivity contribution is 7.99. The Balaban J connectivity index is 1.79. The van der Waals surface area contributed by atoms with Crippen molar-refractivity contribution >= 4 is 11.8 Å². The van der Waals surface area contributed by atoms with Gasteiger partial charge in [-0.1, -0.05) is 13.3 Å². The molecule has 1 N–H and O–H groups in total. The van der Waals surface area contributed by atoms with Gasteiger partial charge in [0.1, 0.15) is 0 Å². The summed E-state index contributed by atoms with van der Waals surface area (Å²) in [6.45, 7) is 2.34. The first-order valence-electron chi connectivity index (χ1n) is 5.45. The molecule has 2 fully saturated rings. The van der Waals surface area contributed by atoms with Crippen LogP contribution in [-0.2, 0) is 0 Å². The van der Waals surface area contributed by atoms with Gasteiger partial charge < -0.3 is 5.11 Å². The van der Waals surface area contributed by atoms with E-state index in [0.717, 1.165) is 6.42 Å². The lowest BCUT2D eigenvalue weighted by Crippen LogP contribution is -2.33. The molecular weight excluding hydrogens is 180 g/mol. The van der Waals surface area contributed by atoms with Gasteiger partial charge in [0.2, 0.25) is 0 Å². The topological polar surface area (TPSA) is 20.2 Å². The van der Waals surface area contributed by atoms with Gasteiger partial charge in [-0.3, -0.25) is 0 Å². The van der Waals surface area contributed by atoms with E-state index in [4.69, 9.17) is 0 Å². The Hall–Kier alpha value is 0.310. The van der Waals surface area contributed by atoms with E-state index < -0.39 is 0 Å². The zero-order valence-electron chi connectivity index (χ0n) is 8.46. The van der Waals surface area contributed by atoms with Crippen molar-refractivity contribution < 1.29 is 5.11 Å². The second kappa shape index (κ2) is 3.82. The Morgan fingerprint density at radius 3 is 2.77 bits per heavy atom. The Bertz CT molecular complexity index is 171. The zero-order valence-corrected chi connectivity index (χ0v) is 9.28. The van der Waals surface area contributed by atoms with Gasteiger partial charge in [-0.15, -0.1) is 0 Å². The summed E-state index contributed by atoms with van der Waals surface area (Å²) in [7, 11) is 0. The van der Waals surface area contributed by atoms with Gasteiger partial charge in [-0.25, -0.2) is 0 Å². The fourth-order valence-corrected chi connectivity index (χ4v) is 3.84. The molecule has 76 valence electrons. The van der Waals surface area contributed by atoms with Gasteiger partial charge >= 0.3 is 0 Å². The molecule has 1 aliphatic heterocycles. The van der Waals surface area contributed by atoms with Crippen LogP contribution in [0, 0.1) is 11.3 Å². The van der Waals surface area contributed by atoms with Crippen molar-refractivity contribution in [2.45, 2.75) is 45.1 Å². The predicted molar refractivity (Wildman–Crippen MR) is 58.0 cm³/mol. The van der Waals surface area contributed by atoms with Crippen LogP contribution in [0.3, 0.4) is 0 Å². The SMILES string of the molecule is CC1(CC(O)C2CCSC2)CCC1. The van der Waals surface area contributed by atoms with Crippen LogP contribution in [0.4, 0.5) is 0 Å². The second-order valence-corrected chi connectivity index (χ2v) is 6.21. The number of aliphatic hydroxyl groups excluding tert-OH is 1. The summed E-state index contributed by atoms with van der Waals surface area (Å²) in [6.07, 6.45) is 6.33. The molecule has 13 heavy (non-hydrogen) atoms. The van der Waals surface area contributed by atoms with Crippen LogP contribution in [0.15, 0.2) is 0 Å². The predicted octanol–water partition coefficient (Wildman–Crippen LogP) is 2.68. The fraction of sp³-hybridized carbons (Fsp3) is 1.00. The lowest BCUT2D eigenvalue weighted by molar-refractivity contribution is 0.0276. The van der Waals surface area contributed by atoms with Crippen LogP contribution in [0.25, 0.3) is 0 Å². The first kappa shape index (κ1) is 9.85. The van der Waals surface area contributed by atoms with Crippen molar-refractivity contribution in [3.05, 3.63) is 0 Å². The van der Waals surface area contributed by atoms with Gasteiger partial charge in [0.25, 0.3) is 0 Å². The summed E-state index contributed by atoms with van der Waals surface area (Å²) in [6, 6.07) is 0. The lowest BCUT2D eigenvalue weighted by atomic mass is 9.66. The molecule has 0 radical (unpaired) electrons. The van der Waals surface area contributed by atoms with E-state index in [9.17, 15) is 5.11 Å². The average molecular weight is 200 g/mol. The van der Waals surface area contributed by atoms with E-state index in [1.807, 2.05) is 11.8 Å². The average Bonchev–Trinajstić information content (AvgIpc) is 2.53. The Morgan fingerprint density at radius 1 is 1.54 bits per heavy atom. The molecule has 0 aromatic rings. The third kappa shape index (κ3) is 2.21. The normalized spacial score (nSPS) is 34.2. The molecule has 2 heteroatoms. The lowest BCUT2D eigenvalue weighted by Gasteiger charge is -2.40. The number of aliphatic hydroxyl groups is 1. The minimum absolute atomic E-state index is 0.0136. The number of hydrogen-bond acceptors (Lipinski definition) is 2. The zero-order chi connectivity index (χ0) is 9.31. The molecule has 0 aromatic carbocycles. The molecule has 1 saturated carbocycles. The second-order valence-electron chi connectivity index (χ2n) is 5.06. The molecule has 0 aromatic heterocycles. The maximum absolute atomic E-state index is 10.0. The minimum atomic E-state index is -0.0136. The molecule has 1 aliphatic carbocycles. The van der Waals surface area contributed by atoms with Crippen LogP contribution in [0.1, 0.15) is 39.0 Å². The number of hydrogen-bond donors (Lipinski definition) is 1. The van der Waals surface area contributed by atoms with Crippen molar-refractivity contribution in [1.82, 2.24) is 0 Å². The Kier molecular flexibility index (Phi) is 2.89. The van der Waals surface area contributed by atoms with E-state index >= 15 is 0 Å².